The van der Waals surface area contributed by atoms with Crippen LogP contribution >= 0.6 is 0 Å². The molecule has 0 unspecified atom stereocenters. The zero-order valence-electron chi connectivity index (χ0n) is 14.2. The van der Waals surface area contributed by atoms with Crippen LogP contribution in [0.1, 0.15) is 43.4 Å². The van der Waals surface area contributed by atoms with Crippen LogP contribution < -0.4 is 4.90 Å². The van der Waals surface area contributed by atoms with Crippen molar-refractivity contribution in [3.8, 4) is 0 Å². The summed E-state index contributed by atoms with van der Waals surface area (Å²) >= 11 is 0. The van der Waals surface area contributed by atoms with Gasteiger partial charge in [0.1, 0.15) is 17.8 Å². The maximum Gasteiger partial charge on any atom is 0.243 e. The number of piperazine rings is 1. The van der Waals surface area contributed by atoms with E-state index in [-0.39, 0.29) is 6.04 Å². The predicted octanol–water partition coefficient (Wildman–Crippen LogP) is 2.10. The first-order valence-electron chi connectivity index (χ1n) is 8.90. The van der Waals surface area contributed by atoms with Gasteiger partial charge < -0.3 is 14.4 Å². The number of nitrogens with one attached hydrogen (secondary N) is 1. The molecule has 1 saturated heterocycles. The molecule has 130 valence electrons. The average Bonchev–Trinajstić information content (AvgIpc) is 3.19. The molecule has 5 rings (SSSR count). The van der Waals surface area contributed by atoms with Gasteiger partial charge in [-0.3, -0.25) is 4.90 Å². The first-order chi connectivity index (χ1) is 12.3. The highest BCUT2D eigenvalue weighted by atomic mass is 16.5. The number of hydrogen-bond donors (Lipinski definition) is 1. The maximum absolute atomic E-state index is 5.50. The van der Waals surface area contributed by atoms with E-state index in [0.717, 1.165) is 54.7 Å². The highest BCUT2D eigenvalue weighted by Gasteiger charge is 2.31. The molecule has 4 heterocycles. The fraction of sp³-hybridized carbons (Fsp3) is 0.529. The van der Waals surface area contributed by atoms with Crippen molar-refractivity contribution in [3.05, 3.63) is 30.3 Å². The Bertz CT molecular complexity index is 876. The quantitative estimate of drug-likeness (QED) is 0.779. The lowest BCUT2D eigenvalue weighted by molar-refractivity contribution is 0.164. The SMILES string of the molecule is C[C@H](c1nc(C2CC2)no1)N1CCN(c2ncnc3[nH]ccc23)CC1. The minimum Gasteiger partial charge on any atom is -0.353 e. The van der Waals surface area contributed by atoms with Gasteiger partial charge in [-0.1, -0.05) is 5.16 Å². The summed E-state index contributed by atoms with van der Waals surface area (Å²) in [6.07, 6.45) is 5.92. The Morgan fingerprint density at radius 3 is 2.84 bits per heavy atom. The molecule has 1 saturated carbocycles. The summed E-state index contributed by atoms with van der Waals surface area (Å²) in [4.78, 5) is 21.2. The highest BCUT2D eigenvalue weighted by Crippen LogP contribution is 2.38. The molecule has 3 aromatic heterocycles. The normalized spacial score (nSPS) is 20.3. The Labute approximate surface area is 145 Å². The summed E-state index contributed by atoms with van der Waals surface area (Å²) in [6.45, 7) is 5.88. The second kappa shape index (κ2) is 5.80. The first-order valence-corrected chi connectivity index (χ1v) is 8.90. The molecule has 8 heteroatoms. The van der Waals surface area contributed by atoms with Crippen LogP contribution in [0.4, 0.5) is 5.82 Å². The van der Waals surface area contributed by atoms with Crippen molar-refractivity contribution in [2.75, 3.05) is 31.1 Å². The number of fused-ring (bicyclic) bond motifs is 1. The van der Waals surface area contributed by atoms with Gasteiger partial charge in [0.2, 0.25) is 5.89 Å². The number of rotatable bonds is 4. The fourth-order valence-corrected chi connectivity index (χ4v) is 3.51. The van der Waals surface area contributed by atoms with E-state index in [1.807, 2.05) is 12.3 Å². The zero-order valence-corrected chi connectivity index (χ0v) is 14.2. The van der Waals surface area contributed by atoms with Gasteiger partial charge in [-0.05, 0) is 25.8 Å². The van der Waals surface area contributed by atoms with Crippen LogP contribution in [0.15, 0.2) is 23.1 Å². The van der Waals surface area contributed by atoms with E-state index in [0.29, 0.717) is 5.92 Å². The molecule has 1 aliphatic carbocycles. The van der Waals surface area contributed by atoms with E-state index in [2.05, 4.69) is 41.8 Å². The summed E-state index contributed by atoms with van der Waals surface area (Å²) in [5.74, 6) is 3.16. The second-order valence-corrected chi connectivity index (χ2v) is 6.90. The van der Waals surface area contributed by atoms with Crippen molar-refractivity contribution >= 4 is 16.9 Å². The second-order valence-electron chi connectivity index (χ2n) is 6.90. The Morgan fingerprint density at radius 1 is 1.20 bits per heavy atom. The number of anilines is 1. The summed E-state index contributed by atoms with van der Waals surface area (Å²) < 4.78 is 5.50. The zero-order chi connectivity index (χ0) is 16.8. The van der Waals surface area contributed by atoms with Crippen LogP contribution in [0.25, 0.3) is 11.0 Å². The summed E-state index contributed by atoms with van der Waals surface area (Å²) in [7, 11) is 0. The van der Waals surface area contributed by atoms with Crippen molar-refractivity contribution in [2.45, 2.75) is 31.7 Å². The molecule has 25 heavy (non-hydrogen) atoms. The molecule has 1 atom stereocenters. The standard InChI is InChI=1S/C17H21N7O/c1-11(17-21-14(22-25-17)12-2-3-12)23-6-8-24(9-7-23)16-13-4-5-18-15(13)19-10-20-16/h4-5,10-12H,2-3,6-9H2,1H3,(H,18,19,20)/t11-/m1/s1. The lowest BCUT2D eigenvalue weighted by Gasteiger charge is -2.37. The van der Waals surface area contributed by atoms with Crippen molar-refractivity contribution in [2.24, 2.45) is 0 Å². The first kappa shape index (κ1) is 14.8. The van der Waals surface area contributed by atoms with E-state index in [1.54, 1.807) is 6.33 Å². The van der Waals surface area contributed by atoms with Crippen LogP contribution in [0.2, 0.25) is 0 Å². The lowest BCUT2D eigenvalue weighted by atomic mass is 10.2. The number of aromatic nitrogens is 5. The average molecular weight is 339 g/mol. The largest absolute Gasteiger partial charge is 0.353 e. The van der Waals surface area contributed by atoms with Gasteiger partial charge in [0.15, 0.2) is 5.82 Å². The molecule has 8 nitrogen and oxygen atoms in total. The molecule has 1 N–H and O–H groups in total. The third-order valence-electron chi connectivity index (χ3n) is 5.25. The van der Waals surface area contributed by atoms with Crippen LogP contribution in [0, 0.1) is 0 Å². The van der Waals surface area contributed by atoms with E-state index in [4.69, 9.17) is 4.52 Å². The van der Waals surface area contributed by atoms with Gasteiger partial charge in [-0.25, -0.2) is 9.97 Å². The molecule has 1 aliphatic heterocycles. The summed E-state index contributed by atoms with van der Waals surface area (Å²) in [5, 5.41) is 5.22. The fourth-order valence-electron chi connectivity index (χ4n) is 3.51. The number of hydrogen-bond acceptors (Lipinski definition) is 7. The minimum atomic E-state index is 0.153. The van der Waals surface area contributed by atoms with Gasteiger partial charge in [-0.2, -0.15) is 4.98 Å². The van der Waals surface area contributed by atoms with Crippen molar-refractivity contribution in [1.29, 1.82) is 0 Å². The van der Waals surface area contributed by atoms with Crippen molar-refractivity contribution in [1.82, 2.24) is 30.0 Å². The molecule has 3 aromatic rings. The third kappa shape index (κ3) is 2.66. The summed E-state index contributed by atoms with van der Waals surface area (Å²) in [5.41, 5.74) is 0.888. The maximum atomic E-state index is 5.50. The van der Waals surface area contributed by atoms with Gasteiger partial charge in [0, 0.05) is 38.3 Å². The van der Waals surface area contributed by atoms with Crippen LogP contribution in [0.3, 0.4) is 0 Å². The lowest BCUT2D eigenvalue weighted by Crippen LogP contribution is -2.47. The van der Waals surface area contributed by atoms with Gasteiger partial charge in [0.05, 0.1) is 11.4 Å². The molecular weight excluding hydrogens is 318 g/mol. The Kier molecular flexibility index (Phi) is 3.44. The van der Waals surface area contributed by atoms with Crippen molar-refractivity contribution in [3.63, 3.8) is 0 Å². The van der Waals surface area contributed by atoms with Gasteiger partial charge in [-0.15, -0.1) is 0 Å². The van der Waals surface area contributed by atoms with E-state index < -0.39 is 0 Å². The number of aromatic amines is 1. The van der Waals surface area contributed by atoms with Gasteiger partial charge in [0.25, 0.3) is 0 Å². The van der Waals surface area contributed by atoms with Gasteiger partial charge >= 0.3 is 0 Å². The molecule has 0 spiro atoms. The Balaban J connectivity index is 1.28. The highest BCUT2D eigenvalue weighted by molar-refractivity contribution is 5.87. The van der Waals surface area contributed by atoms with Crippen molar-refractivity contribution < 1.29 is 4.52 Å². The molecule has 2 fully saturated rings. The molecule has 2 aliphatic rings. The third-order valence-corrected chi connectivity index (χ3v) is 5.25. The minimum absolute atomic E-state index is 0.153. The topological polar surface area (TPSA) is 87.0 Å². The molecular formula is C17H21N7O. The molecule has 0 bridgehead atoms. The van der Waals surface area contributed by atoms with Crippen LogP contribution in [-0.2, 0) is 0 Å². The summed E-state index contributed by atoms with van der Waals surface area (Å²) in [6, 6.07) is 2.19. The van der Waals surface area contributed by atoms with E-state index >= 15 is 0 Å². The monoisotopic (exact) mass is 339 g/mol. The predicted molar refractivity (Wildman–Crippen MR) is 92.4 cm³/mol. The van der Waals surface area contributed by atoms with Crippen LogP contribution in [0.5, 0.6) is 0 Å². The number of nitrogens with zero attached hydrogens (tertiary/aromatic N) is 6. The number of H-pyrrole nitrogens is 1. The van der Waals surface area contributed by atoms with E-state index in [1.165, 1.54) is 12.8 Å². The molecule has 0 amide bonds. The smallest absolute Gasteiger partial charge is 0.243 e. The molecule has 0 aromatic carbocycles. The Hall–Kier alpha value is -2.48. The van der Waals surface area contributed by atoms with Crippen LogP contribution in [-0.4, -0.2) is 56.2 Å². The van der Waals surface area contributed by atoms with E-state index in [9.17, 15) is 0 Å². The Morgan fingerprint density at radius 2 is 2.04 bits per heavy atom. The molecule has 0 radical (unpaired) electrons.